The van der Waals surface area contributed by atoms with Gasteiger partial charge in [0, 0.05) is 18.8 Å². The third-order valence-corrected chi connectivity index (χ3v) is 7.12. The maximum atomic E-state index is 11.9. The Hall–Kier alpha value is -0.870. The zero-order valence-corrected chi connectivity index (χ0v) is 16.2. The van der Waals surface area contributed by atoms with Gasteiger partial charge in [-0.1, -0.05) is 6.58 Å². The molecule has 4 nitrogen and oxygen atoms in total. The Bertz CT molecular complexity index is 530. The second-order valence-corrected chi connectivity index (χ2v) is 9.19. The smallest absolute Gasteiger partial charge is 0.333 e. The molecule has 0 spiro atoms. The van der Waals surface area contributed by atoms with Gasteiger partial charge in [-0.15, -0.1) is 0 Å². The molecule has 4 rings (SSSR count). The summed E-state index contributed by atoms with van der Waals surface area (Å²) in [6.45, 7) is 7.27. The predicted octanol–water partition coefficient (Wildman–Crippen LogP) is 4.27. The lowest BCUT2D eigenvalue weighted by Crippen LogP contribution is -2.40. The highest BCUT2D eigenvalue weighted by Crippen LogP contribution is 2.44. The number of ether oxygens (including phenoxy) is 3. The van der Waals surface area contributed by atoms with Crippen molar-refractivity contribution in [3.8, 4) is 0 Å². The van der Waals surface area contributed by atoms with Crippen molar-refractivity contribution >= 4 is 5.97 Å². The van der Waals surface area contributed by atoms with Crippen LogP contribution in [-0.2, 0) is 19.0 Å². The first-order valence-electron chi connectivity index (χ1n) is 10.7. The quantitative estimate of drug-likeness (QED) is 0.402. The number of carbonyl (C=O) groups excluding carboxylic acids is 1. The highest BCUT2D eigenvalue weighted by molar-refractivity contribution is 5.87. The van der Waals surface area contributed by atoms with Crippen LogP contribution in [0.4, 0.5) is 0 Å². The van der Waals surface area contributed by atoms with E-state index in [1.54, 1.807) is 6.92 Å². The number of carbonyl (C=O) groups is 1. The van der Waals surface area contributed by atoms with Crippen molar-refractivity contribution in [3.63, 3.8) is 0 Å². The molecular weight excluding hydrogens is 328 g/mol. The first-order chi connectivity index (χ1) is 12.6. The lowest BCUT2D eigenvalue weighted by atomic mass is 9.66. The third kappa shape index (κ3) is 4.33. The van der Waals surface area contributed by atoms with Crippen LogP contribution in [0.25, 0.3) is 0 Å². The maximum Gasteiger partial charge on any atom is 0.333 e. The van der Waals surface area contributed by atoms with Crippen molar-refractivity contribution in [2.45, 2.75) is 83.0 Å². The normalized spacial score (nSPS) is 41.7. The third-order valence-electron chi connectivity index (χ3n) is 7.12. The fourth-order valence-corrected chi connectivity index (χ4v) is 5.58. The number of esters is 1. The topological polar surface area (TPSA) is 48.1 Å². The van der Waals surface area contributed by atoms with Crippen LogP contribution < -0.4 is 0 Å². The minimum Gasteiger partial charge on any atom is -0.459 e. The van der Waals surface area contributed by atoms with Crippen LogP contribution in [-0.4, -0.2) is 37.5 Å². The Balaban J connectivity index is 1.20. The van der Waals surface area contributed by atoms with Gasteiger partial charge in [-0.05, 0) is 88.4 Å². The van der Waals surface area contributed by atoms with Crippen molar-refractivity contribution in [2.24, 2.45) is 23.7 Å². The van der Waals surface area contributed by atoms with E-state index in [1.165, 1.54) is 51.4 Å². The first kappa shape index (κ1) is 18.5. The second kappa shape index (κ2) is 8.02. The summed E-state index contributed by atoms with van der Waals surface area (Å²) in [5.41, 5.74) is 0.514. The molecule has 0 aromatic rings. The number of hydrogen-bond acceptors (Lipinski definition) is 4. The molecule has 3 saturated carbocycles. The second-order valence-electron chi connectivity index (χ2n) is 9.19. The molecule has 0 aromatic heterocycles. The highest BCUT2D eigenvalue weighted by Gasteiger charge is 2.44. The Labute approximate surface area is 157 Å². The molecule has 0 aromatic carbocycles. The van der Waals surface area contributed by atoms with E-state index in [0.29, 0.717) is 41.5 Å². The molecule has 0 amide bonds. The molecule has 7 atom stereocenters. The predicted molar refractivity (Wildman–Crippen MR) is 99.7 cm³/mol. The molecular formula is C22H34O4. The fourth-order valence-electron chi connectivity index (χ4n) is 5.58. The average Bonchev–Trinajstić information content (AvgIpc) is 3.40. The van der Waals surface area contributed by atoms with Gasteiger partial charge in [-0.2, -0.15) is 0 Å². The molecule has 7 unspecified atom stereocenters. The standard InChI is InChI=1S/C22H34O4/c1-14(2)22(23)26-19-5-3-4-17-10-15(6-8-18(17)19)12-24-13-16-7-9-20-21(11-16)25-20/h15-21H,1,3-13H2,2H3. The Morgan fingerprint density at radius 1 is 1.00 bits per heavy atom. The average molecular weight is 363 g/mol. The molecule has 0 N–H and O–H groups in total. The molecule has 3 aliphatic carbocycles. The minimum atomic E-state index is -0.213. The SMILES string of the molecule is C=C(C)C(=O)OC1CCCC2CC(COCC3CCC4OC4C3)CCC21. The zero-order valence-electron chi connectivity index (χ0n) is 16.2. The van der Waals surface area contributed by atoms with Crippen molar-refractivity contribution in [1.29, 1.82) is 0 Å². The Kier molecular flexibility index (Phi) is 5.70. The molecule has 4 fully saturated rings. The number of fused-ring (bicyclic) bond motifs is 2. The van der Waals surface area contributed by atoms with Gasteiger partial charge in [0.2, 0.25) is 0 Å². The van der Waals surface area contributed by atoms with Gasteiger partial charge in [0.05, 0.1) is 12.2 Å². The molecule has 4 aliphatic rings. The summed E-state index contributed by atoms with van der Waals surface area (Å²) < 4.78 is 17.5. The van der Waals surface area contributed by atoms with Gasteiger partial charge in [0.1, 0.15) is 6.10 Å². The highest BCUT2D eigenvalue weighted by atomic mass is 16.6. The van der Waals surface area contributed by atoms with Crippen LogP contribution in [0.2, 0.25) is 0 Å². The van der Waals surface area contributed by atoms with E-state index < -0.39 is 0 Å². The summed E-state index contributed by atoms with van der Waals surface area (Å²) in [6.07, 6.45) is 12.0. The largest absolute Gasteiger partial charge is 0.459 e. The van der Waals surface area contributed by atoms with Crippen LogP contribution in [0.3, 0.4) is 0 Å². The summed E-state index contributed by atoms with van der Waals surface area (Å²) in [4.78, 5) is 11.9. The van der Waals surface area contributed by atoms with Crippen molar-refractivity contribution in [2.75, 3.05) is 13.2 Å². The van der Waals surface area contributed by atoms with Crippen LogP contribution in [0.1, 0.15) is 64.7 Å². The molecule has 0 bridgehead atoms. The summed E-state index contributed by atoms with van der Waals surface area (Å²) in [5.74, 6) is 2.42. The van der Waals surface area contributed by atoms with E-state index >= 15 is 0 Å². The van der Waals surface area contributed by atoms with E-state index in [-0.39, 0.29) is 12.1 Å². The van der Waals surface area contributed by atoms with Gasteiger partial charge in [0.25, 0.3) is 0 Å². The van der Waals surface area contributed by atoms with Crippen molar-refractivity contribution in [3.05, 3.63) is 12.2 Å². The first-order valence-corrected chi connectivity index (χ1v) is 10.7. The van der Waals surface area contributed by atoms with Gasteiger partial charge >= 0.3 is 5.97 Å². The van der Waals surface area contributed by atoms with Gasteiger partial charge in [-0.3, -0.25) is 0 Å². The van der Waals surface area contributed by atoms with Crippen molar-refractivity contribution < 1.29 is 19.0 Å². The lowest BCUT2D eigenvalue weighted by molar-refractivity contribution is -0.152. The Morgan fingerprint density at radius 2 is 1.77 bits per heavy atom. The molecule has 4 heteroatoms. The summed E-state index contributed by atoms with van der Waals surface area (Å²) in [6, 6.07) is 0. The van der Waals surface area contributed by atoms with E-state index in [0.717, 1.165) is 19.6 Å². The van der Waals surface area contributed by atoms with Crippen molar-refractivity contribution in [1.82, 2.24) is 0 Å². The molecule has 1 saturated heterocycles. The van der Waals surface area contributed by atoms with Crippen LogP contribution in [0.15, 0.2) is 12.2 Å². The molecule has 1 aliphatic heterocycles. The molecule has 26 heavy (non-hydrogen) atoms. The molecule has 0 radical (unpaired) electrons. The van der Waals surface area contributed by atoms with Crippen LogP contribution in [0.5, 0.6) is 0 Å². The number of epoxide rings is 1. The van der Waals surface area contributed by atoms with Gasteiger partial charge in [0.15, 0.2) is 0 Å². The van der Waals surface area contributed by atoms with Gasteiger partial charge < -0.3 is 14.2 Å². The van der Waals surface area contributed by atoms with E-state index in [4.69, 9.17) is 14.2 Å². The van der Waals surface area contributed by atoms with Gasteiger partial charge in [-0.25, -0.2) is 4.79 Å². The summed E-state index contributed by atoms with van der Waals surface area (Å²) in [5, 5.41) is 0. The van der Waals surface area contributed by atoms with E-state index in [1.807, 2.05) is 0 Å². The minimum absolute atomic E-state index is 0.105. The maximum absolute atomic E-state index is 11.9. The summed E-state index contributed by atoms with van der Waals surface area (Å²) in [7, 11) is 0. The van der Waals surface area contributed by atoms with Crippen LogP contribution >= 0.6 is 0 Å². The van der Waals surface area contributed by atoms with E-state index in [9.17, 15) is 4.79 Å². The summed E-state index contributed by atoms with van der Waals surface area (Å²) >= 11 is 0. The van der Waals surface area contributed by atoms with Crippen LogP contribution in [0, 0.1) is 23.7 Å². The lowest BCUT2D eigenvalue weighted by Gasteiger charge is -2.43. The molecule has 1 heterocycles. The monoisotopic (exact) mass is 362 g/mol. The molecule has 146 valence electrons. The number of rotatable bonds is 6. The van der Waals surface area contributed by atoms with E-state index in [2.05, 4.69) is 6.58 Å². The number of hydrogen-bond donors (Lipinski definition) is 0. The zero-order chi connectivity index (χ0) is 18.1. The fraction of sp³-hybridized carbons (Fsp3) is 0.864. The Morgan fingerprint density at radius 3 is 2.54 bits per heavy atom.